The Kier molecular flexibility index (Phi) is 4.30. The molecule has 0 aliphatic rings. The van der Waals surface area contributed by atoms with Crippen molar-refractivity contribution in [1.29, 1.82) is 0 Å². The van der Waals surface area contributed by atoms with E-state index in [0.717, 1.165) is 11.1 Å². The van der Waals surface area contributed by atoms with E-state index < -0.39 is 0 Å². The Balaban J connectivity index is 2.17. The summed E-state index contributed by atoms with van der Waals surface area (Å²) in [6, 6.07) is 11.1. The monoisotopic (exact) mass is 274 g/mol. The maximum Gasteiger partial charge on any atom is 0.219 e. The first-order chi connectivity index (χ1) is 9.22. The van der Waals surface area contributed by atoms with Gasteiger partial charge in [-0.3, -0.25) is 0 Å². The van der Waals surface area contributed by atoms with Crippen LogP contribution in [0.2, 0.25) is 0 Å². The summed E-state index contributed by atoms with van der Waals surface area (Å²) in [6.45, 7) is 0.344. The van der Waals surface area contributed by atoms with Crippen LogP contribution in [0.5, 0.6) is 11.6 Å². The molecule has 2 aromatic rings. The Bertz CT molecular complexity index is 587. The molecule has 2 rings (SSSR count). The lowest BCUT2D eigenvalue weighted by Crippen LogP contribution is -2.11. The minimum atomic E-state index is 0.314. The average Bonchev–Trinajstić information content (AvgIpc) is 2.45. The Morgan fingerprint density at radius 2 is 2.05 bits per heavy atom. The van der Waals surface area contributed by atoms with E-state index in [9.17, 15) is 0 Å². The predicted octanol–water partition coefficient (Wildman–Crippen LogP) is 2.30. The number of methoxy groups -OCH3 is 1. The number of hydrogen-bond donors (Lipinski definition) is 1. The molecular weight excluding hydrogens is 260 g/mol. The van der Waals surface area contributed by atoms with Crippen molar-refractivity contribution in [1.82, 2.24) is 4.98 Å². The lowest BCUT2D eigenvalue weighted by Gasteiger charge is -2.11. The van der Waals surface area contributed by atoms with Gasteiger partial charge in [0.2, 0.25) is 5.88 Å². The molecule has 5 heteroatoms. The van der Waals surface area contributed by atoms with Gasteiger partial charge < -0.3 is 15.2 Å². The fourth-order valence-electron chi connectivity index (χ4n) is 1.67. The van der Waals surface area contributed by atoms with E-state index >= 15 is 0 Å². The molecule has 1 heterocycles. The Morgan fingerprint density at radius 3 is 2.79 bits per heavy atom. The van der Waals surface area contributed by atoms with Gasteiger partial charge in [-0.05, 0) is 24.3 Å². The molecule has 98 valence electrons. The molecule has 0 radical (unpaired) electrons. The van der Waals surface area contributed by atoms with E-state index in [4.69, 9.17) is 27.4 Å². The van der Waals surface area contributed by atoms with Crippen LogP contribution in [0.15, 0.2) is 42.6 Å². The minimum Gasteiger partial charge on any atom is -0.488 e. The van der Waals surface area contributed by atoms with Crippen LogP contribution < -0.4 is 15.2 Å². The summed E-state index contributed by atoms with van der Waals surface area (Å²) in [5.74, 6) is 1.20. The van der Waals surface area contributed by atoms with Crippen molar-refractivity contribution in [3.63, 3.8) is 0 Å². The van der Waals surface area contributed by atoms with Crippen LogP contribution >= 0.6 is 12.2 Å². The van der Waals surface area contributed by atoms with Gasteiger partial charge in [-0.25, -0.2) is 4.98 Å². The van der Waals surface area contributed by atoms with Gasteiger partial charge in [0.1, 0.15) is 17.3 Å². The van der Waals surface area contributed by atoms with E-state index in [1.54, 1.807) is 13.3 Å². The summed E-state index contributed by atoms with van der Waals surface area (Å²) in [4.78, 5) is 4.43. The molecule has 1 aromatic carbocycles. The molecule has 0 aliphatic carbocycles. The Labute approximate surface area is 117 Å². The normalized spacial score (nSPS) is 9.95. The van der Waals surface area contributed by atoms with Gasteiger partial charge in [0.05, 0.1) is 18.2 Å². The summed E-state index contributed by atoms with van der Waals surface area (Å²) in [5.41, 5.74) is 7.24. The van der Waals surface area contributed by atoms with Gasteiger partial charge in [-0.15, -0.1) is 0 Å². The second-order valence-corrected chi connectivity index (χ2v) is 4.26. The van der Waals surface area contributed by atoms with Crippen LogP contribution in [-0.2, 0) is 6.61 Å². The van der Waals surface area contributed by atoms with Gasteiger partial charge in [-0.1, -0.05) is 24.4 Å². The smallest absolute Gasteiger partial charge is 0.219 e. The van der Waals surface area contributed by atoms with Crippen molar-refractivity contribution >= 4 is 17.2 Å². The van der Waals surface area contributed by atoms with Gasteiger partial charge in [-0.2, -0.15) is 0 Å². The van der Waals surface area contributed by atoms with Gasteiger partial charge in [0, 0.05) is 6.20 Å². The first-order valence-electron chi connectivity index (χ1n) is 5.72. The lowest BCUT2D eigenvalue weighted by atomic mass is 10.2. The molecule has 19 heavy (non-hydrogen) atoms. The number of benzene rings is 1. The zero-order chi connectivity index (χ0) is 13.7. The standard InChI is InChI=1S/C14H14N2O2S/c1-17-14-10(5-4-8-16-14)9-18-12-7-3-2-6-11(12)13(15)19/h2-8H,9H2,1H3,(H2,15,19). The summed E-state index contributed by atoms with van der Waals surface area (Å²) in [7, 11) is 1.58. The van der Waals surface area contributed by atoms with E-state index in [1.807, 2.05) is 36.4 Å². The van der Waals surface area contributed by atoms with E-state index in [0.29, 0.717) is 23.2 Å². The maximum absolute atomic E-state index is 5.74. The number of nitrogens with two attached hydrogens (primary N) is 1. The first kappa shape index (κ1) is 13.3. The quantitative estimate of drug-likeness (QED) is 0.848. The molecule has 0 amide bonds. The number of hydrogen-bond acceptors (Lipinski definition) is 4. The molecule has 0 atom stereocenters. The van der Waals surface area contributed by atoms with Crippen LogP contribution in [0, 0.1) is 0 Å². The molecular formula is C14H14N2O2S. The van der Waals surface area contributed by atoms with Crippen molar-refractivity contribution in [2.45, 2.75) is 6.61 Å². The summed E-state index contributed by atoms with van der Waals surface area (Å²) in [6.07, 6.45) is 1.67. The number of thiocarbonyl (C=S) groups is 1. The zero-order valence-corrected chi connectivity index (χ0v) is 11.3. The predicted molar refractivity (Wildman–Crippen MR) is 77.5 cm³/mol. The Hall–Kier alpha value is -2.14. The maximum atomic E-state index is 5.74. The average molecular weight is 274 g/mol. The van der Waals surface area contributed by atoms with Crippen molar-refractivity contribution < 1.29 is 9.47 Å². The van der Waals surface area contributed by atoms with E-state index in [2.05, 4.69) is 4.98 Å². The molecule has 0 saturated heterocycles. The fraction of sp³-hybridized carbons (Fsp3) is 0.143. The van der Waals surface area contributed by atoms with Crippen molar-refractivity contribution in [2.24, 2.45) is 5.73 Å². The van der Waals surface area contributed by atoms with Crippen LogP contribution in [0.3, 0.4) is 0 Å². The highest BCUT2D eigenvalue weighted by molar-refractivity contribution is 7.80. The van der Waals surface area contributed by atoms with Crippen molar-refractivity contribution in [3.05, 3.63) is 53.7 Å². The van der Waals surface area contributed by atoms with Crippen LogP contribution in [0.1, 0.15) is 11.1 Å². The molecule has 0 fully saturated rings. The van der Waals surface area contributed by atoms with Crippen LogP contribution in [0.25, 0.3) is 0 Å². The van der Waals surface area contributed by atoms with Crippen molar-refractivity contribution in [2.75, 3.05) is 7.11 Å². The highest BCUT2D eigenvalue weighted by Gasteiger charge is 2.08. The van der Waals surface area contributed by atoms with Gasteiger partial charge >= 0.3 is 0 Å². The topological polar surface area (TPSA) is 57.4 Å². The number of para-hydroxylation sites is 1. The third-order valence-electron chi connectivity index (χ3n) is 2.58. The van der Waals surface area contributed by atoms with Crippen molar-refractivity contribution in [3.8, 4) is 11.6 Å². The number of ether oxygens (including phenoxy) is 2. The molecule has 0 saturated carbocycles. The highest BCUT2D eigenvalue weighted by atomic mass is 32.1. The summed E-state index contributed by atoms with van der Waals surface area (Å²) < 4.78 is 10.9. The second kappa shape index (κ2) is 6.15. The molecule has 0 spiro atoms. The lowest BCUT2D eigenvalue weighted by molar-refractivity contribution is 0.293. The second-order valence-electron chi connectivity index (χ2n) is 3.82. The summed E-state index contributed by atoms with van der Waals surface area (Å²) >= 11 is 4.99. The SMILES string of the molecule is COc1ncccc1COc1ccccc1C(N)=S. The zero-order valence-electron chi connectivity index (χ0n) is 10.5. The Morgan fingerprint density at radius 1 is 1.26 bits per heavy atom. The van der Waals surface area contributed by atoms with Gasteiger partial charge in [0.25, 0.3) is 0 Å². The number of aromatic nitrogens is 1. The van der Waals surface area contributed by atoms with E-state index in [1.165, 1.54) is 0 Å². The van der Waals surface area contributed by atoms with Crippen LogP contribution in [0.4, 0.5) is 0 Å². The van der Waals surface area contributed by atoms with Crippen LogP contribution in [-0.4, -0.2) is 17.1 Å². The molecule has 0 aliphatic heterocycles. The highest BCUT2D eigenvalue weighted by Crippen LogP contribution is 2.21. The van der Waals surface area contributed by atoms with E-state index in [-0.39, 0.29) is 0 Å². The third kappa shape index (κ3) is 3.20. The summed E-state index contributed by atoms with van der Waals surface area (Å²) in [5, 5.41) is 0. The number of nitrogens with zero attached hydrogens (tertiary/aromatic N) is 1. The fourth-order valence-corrected chi connectivity index (χ4v) is 1.84. The molecule has 2 N–H and O–H groups in total. The van der Waals surface area contributed by atoms with Gasteiger partial charge in [0.15, 0.2) is 0 Å². The number of pyridine rings is 1. The first-order valence-corrected chi connectivity index (χ1v) is 6.12. The third-order valence-corrected chi connectivity index (χ3v) is 2.80. The largest absolute Gasteiger partial charge is 0.488 e. The molecule has 0 bridgehead atoms. The minimum absolute atomic E-state index is 0.314. The number of rotatable bonds is 5. The molecule has 4 nitrogen and oxygen atoms in total. The molecule has 0 unspecified atom stereocenters. The molecule has 1 aromatic heterocycles.